The Bertz CT molecular complexity index is 406. The van der Waals surface area contributed by atoms with Gasteiger partial charge in [-0.3, -0.25) is 4.79 Å². The molecule has 0 aliphatic carbocycles. The van der Waals surface area contributed by atoms with Crippen molar-refractivity contribution in [3.05, 3.63) is 29.1 Å². The van der Waals surface area contributed by atoms with Crippen molar-refractivity contribution in [2.24, 2.45) is 5.10 Å². The van der Waals surface area contributed by atoms with Crippen LogP contribution in [0.4, 0.5) is 4.39 Å². The molecule has 0 aliphatic rings. The van der Waals surface area contributed by atoms with Gasteiger partial charge in [0.15, 0.2) is 11.6 Å². The summed E-state index contributed by atoms with van der Waals surface area (Å²) < 4.78 is 13.1. The van der Waals surface area contributed by atoms with Crippen LogP contribution in [0.15, 0.2) is 17.2 Å². The highest BCUT2D eigenvalue weighted by atomic mass is 19.1. The Kier molecular flexibility index (Phi) is 6.55. The quantitative estimate of drug-likeness (QED) is 0.500. The van der Waals surface area contributed by atoms with Crippen LogP contribution in [0.1, 0.15) is 25.0 Å². The van der Waals surface area contributed by atoms with Crippen molar-refractivity contribution in [1.29, 1.82) is 0 Å². The summed E-state index contributed by atoms with van der Waals surface area (Å²) in [5, 5.41) is 14.0. The number of amides is 1. The van der Waals surface area contributed by atoms with Crippen molar-refractivity contribution >= 4 is 12.6 Å². The number of aryl methyl sites for hydroxylation is 1. The Morgan fingerprint density at radius 1 is 1.41 bits per heavy atom. The Labute approximate surface area is 100 Å². The summed E-state index contributed by atoms with van der Waals surface area (Å²) >= 11 is 0. The molecule has 0 radical (unpaired) electrons. The van der Waals surface area contributed by atoms with Gasteiger partial charge in [-0.25, -0.2) is 9.40 Å². The van der Waals surface area contributed by atoms with Gasteiger partial charge in [-0.15, -0.1) is 0 Å². The average molecular weight is 240 g/mol. The molecule has 4 nitrogen and oxygen atoms in total. The van der Waals surface area contributed by atoms with Crippen molar-refractivity contribution < 1.29 is 14.3 Å². The number of carbonyl (C=O) groups is 1. The SMILES string of the molecule is CC.Cc1cc(F)c(O)c(/C=N/N(C)C=O)c1. The molecule has 1 aromatic rings. The first-order chi connectivity index (χ1) is 8.04. The highest BCUT2D eigenvalue weighted by Crippen LogP contribution is 2.21. The van der Waals surface area contributed by atoms with Crippen LogP contribution in [-0.4, -0.2) is 29.8 Å². The van der Waals surface area contributed by atoms with Crippen LogP contribution in [0.5, 0.6) is 5.75 Å². The molecule has 0 saturated carbocycles. The van der Waals surface area contributed by atoms with Crippen molar-refractivity contribution in [1.82, 2.24) is 5.01 Å². The normalized spacial score (nSPS) is 9.71. The summed E-state index contributed by atoms with van der Waals surface area (Å²) in [6.45, 7) is 5.70. The van der Waals surface area contributed by atoms with Gasteiger partial charge >= 0.3 is 0 Å². The number of aromatic hydroxyl groups is 1. The summed E-state index contributed by atoms with van der Waals surface area (Å²) in [7, 11) is 1.44. The molecule has 1 N–H and O–H groups in total. The molecule has 0 atom stereocenters. The molecule has 5 heteroatoms. The van der Waals surface area contributed by atoms with E-state index in [4.69, 9.17) is 0 Å². The zero-order chi connectivity index (χ0) is 13.4. The molecule has 1 aromatic carbocycles. The van der Waals surface area contributed by atoms with Crippen LogP contribution >= 0.6 is 0 Å². The molecule has 94 valence electrons. The molecule has 0 heterocycles. The number of phenols is 1. The van der Waals surface area contributed by atoms with Crippen molar-refractivity contribution in [3.8, 4) is 5.75 Å². The van der Waals surface area contributed by atoms with E-state index >= 15 is 0 Å². The maximum atomic E-state index is 13.1. The maximum absolute atomic E-state index is 13.1. The van der Waals surface area contributed by atoms with E-state index in [1.165, 1.54) is 19.3 Å². The van der Waals surface area contributed by atoms with E-state index in [1.807, 2.05) is 13.8 Å². The van der Waals surface area contributed by atoms with Crippen LogP contribution in [0.25, 0.3) is 0 Å². The fourth-order valence-corrected chi connectivity index (χ4v) is 1.04. The number of phenolic OH excluding ortho intramolecular Hbond substituents is 1. The van der Waals surface area contributed by atoms with Gasteiger partial charge in [0.2, 0.25) is 6.41 Å². The average Bonchev–Trinajstić information content (AvgIpc) is 2.34. The van der Waals surface area contributed by atoms with Crippen LogP contribution in [0.3, 0.4) is 0 Å². The minimum absolute atomic E-state index is 0.237. The third kappa shape index (κ3) is 4.63. The Morgan fingerprint density at radius 2 is 2.00 bits per heavy atom. The minimum Gasteiger partial charge on any atom is -0.504 e. The molecular formula is C12H17FN2O2. The van der Waals surface area contributed by atoms with E-state index in [0.717, 1.165) is 5.01 Å². The van der Waals surface area contributed by atoms with E-state index in [9.17, 15) is 14.3 Å². The van der Waals surface area contributed by atoms with Gasteiger partial charge in [0.05, 0.1) is 6.21 Å². The number of benzene rings is 1. The number of hydrazone groups is 1. The number of nitrogens with zero attached hydrogens (tertiary/aromatic N) is 2. The lowest BCUT2D eigenvalue weighted by Gasteiger charge is -2.04. The fourth-order valence-electron chi connectivity index (χ4n) is 1.04. The maximum Gasteiger partial charge on any atom is 0.229 e. The van der Waals surface area contributed by atoms with Crippen molar-refractivity contribution in [2.45, 2.75) is 20.8 Å². The topological polar surface area (TPSA) is 52.9 Å². The molecule has 0 bridgehead atoms. The lowest BCUT2D eigenvalue weighted by molar-refractivity contribution is -0.116. The molecule has 0 aromatic heterocycles. The van der Waals surface area contributed by atoms with Gasteiger partial charge < -0.3 is 5.11 Å². The Morgan fingerprint density at radius 3 is 2.53 bits per heavy atom. The van der Waals surface area contributed by atoms with Gasteiger partial charge in [-0.2, -0.15) is 5.10 Å². The molecule has 1 amide bonds. The van der Waals surface area contributed by atoms with E-state index in [1.54, 1.807) is 13.0 Å². The predicted molar refractivity (Wildman–Crippen MR) is 65.6 cm³/mol. The smallest absolute Gasteiger partial charge is 0.229 e. The summed E-state index contributed by atoms with van der Waals surface area (Å²) in [4.78, 5) is 10.2. The Hall–Kier alpha value is -1.91. The van der Waals surface area contributed by atoms with Crippen LogP contribution < -0.4 is 0 Å². The second kappa shape index (κ2) is 7.38. The van der Waals surface area contributed by atoms with E-state index in [-0.39, 0.29) is 5.56 Å². The molecular weight excluding hydrogens is 223 g/mol. The number of carbonyl (C=O) groups excluding carboxylic acids is 1. The number of rotatable bonds is 3. The zero-order valence-corrected chi connectivity index (χ0v) is 10.4. The summed E-state index contributed by atoms with van der Waals surface area (Å²) in [6, 6.07) is 2.79. The molecule has 0 saturated heterocycles. The highest BCUT2D eigenvalue weighted by Gasteiger charge is 2.06. The number of halogens is 1. The highest BCUT2D eigenvalue weighted by molar-refractivity contribution is 5.84. The standard InChI is InChI=1S/C10H11FN2O2.C2H6/c1-7-3-8(5-12-13(2)6-14)10(15)9(11)4-7;1-2/h3-6,15H,1-2H3;1-2H3/b12-5+;. The van der Waals surface area contributed by atoms with Gasteiger partial charge in [0.25, 0.3) is 0 Å². The summed E-state index contributed by atoms with van der Waals surface area (Å²) in [5.41, 5.74) is 0.904. The first kappa shape index (κ1) is 15.1. The van der Waals surface area contributed by atoms with E-state index in [2.05, 4.69) is 5.10 Å². The lowest BCUT2D eigenvalue weighted by Crippen LogP contribution is -2.07. The fraction of sp³-hybridized carbons (Fsp3) is 0.333. The third-order valence-electron chi connectivity index (χ3n) is 1.77. The lowest BCUT2D eigenvalue weighted by atomic mass is 10.1. The first-order valence-electron chi connectivity index (χ1n) is 5.26. The molecule has 0 unspecified atom stereocenters. The van der Waals surface area contributed by atoms with Gasteiger partial charge in [-0.1, -0.05) is 13.8 Å². The number of hydrogen-bond donors (Lipinski definition) is 1. The summed E-state index contributed by atoms with van der Waals surface area (Å²) in [5.74, 6) is -1.17. The van der Waals surface area contributed by atoms with Crippen molar-refractivity contribution in [2.75, 3.05) is 7.05 Å². The third-order valence-corrected chi connectivity index (χ3v) is 1.77. The van der Waals surface area contributed by atoms with E-state index in [0.29, 0.717) is 12.0 Å². The predicted octanol–water partition coefficient (Wildman–Crippen LogP) is 2.29. The minimum atomic E-state index is -0.704. The molecule has 1 rings (SSSR count). The first-order valence-corrected chi connectivity index (χ1v) is 5.26. The zero-order valence-electron chi connectivity index (χ0n) is 10.4. The molecule has 0 spiro atoms. The van der Waals surface area contributed by atoms with Gasteiger partial charge in [-0.05, 0) is 24.6 Å². The molecule has 17 heavy (non-hydrogen) atoms. The number of hydrogen-bond acceptors (Lipinski definition) is 3. The second-order valence-electron chi connectivity index (χ2n) is 3.11. The second-order valence-corrected chi connectivity index (χ2v) is 3.11. The van der Waals surface area contributed by atoms with E-state index < -0.39 is 11.6 Å². The van der Waals surface area contributed by atoms with Crippen molar-refractivity contribution in [3.63, 3.8) is 0 Å². The largest absolute Gasteiger partial charge is 0.504 e. The Balaban J connectivity index is 0.00000121. The van der Waals surface area contributed by atoms with Crippen LogP contribution in [0, 0.1) is 12.7 Å². The van der Waals surface area contributed by atoms with Gasteiger partial charge in [0, 0.05) is 12.6 Å². The molecule has 0 aliphatic heterocycles. The van der Waals surface area contributed by atoms with Gasteiger partial charge in [0.1, 0.15) is 0 Å². The van der Waals surface area contributed by atoms with Crippen LogP contribution in [-0.2, 0) is 4.79 Å². The summed E-state index contributed by atoms with van der Waals surface area (Å²) in [6.07, 6.45) is 1.72. The van der Waals surface area contributed by atoms with Crippen LogP contribution in [0.2, 0.25) is 0 Å². The molecule has 0 fully saturated rings. The monoisotopic (exact) mass is 240 g/mol.